The van der Waals surface area contributed by atoms with Gasteiger partial charge in [-0.1, -0.05) is 30.7 Å². The Bertz CT molecular complexity index is 634. The maximum absolute atomic E-state index is 12.0. The molecule has 0 bridgehead atoms. The number of nitrogens with one attached hydrogen (secondary N) is 1. The normalized spacial score (nSPS) is 12.5. The van der Waals surface area contributed by atoms with Crippen molar-refractivity contribution in [1.29, 1.82) is 0 Å². The summed E-state index contributed by atoms with van der Waals surface area (Å²) in [4.78, 5) is 16.3. The van der Waals surface area contributed by atoms with E-state index >= 15 is 0 Å². The van der Waals surface area contributed by atoms with Crippen molar-refractivity contribution < 1.29 is 4.79 Å². The summed E-state index contributed by atoms with van der Waals surface area (Å²) in [7, 11) is 0. The molecule has 3 nitrogen and oxygen atoms in total. The summed E-state index contributed by atoms with van der Waals surface area (Å²) in [5.74, 6) is -0.123. The second-order valence-electron chi connectivity index (χ2n) is 4.65. The standard InChI is InChI=1S/C16H17ClN2OS/c1-3-15(12-4-6-13(17)7-5-12)19-16(20)9-8-14-10-21-11(2)18-14/h4-10,15H,3H2,1-2H3,(H,19,20)/b9-8+. The number of hydrogen-bond acceptors (Lipinski definition) is 3. The SMILES string of the molecule is CCC(NC(=O)/C=C/c1csc(C)n1)c1ccc(Cl)cc1. The van der Waals surface area contributed by atoms with Crippen molar-refractivity contribution in [1.82, 2.24) is 10.3 Å². The molecule has 1 amide bonds. The number of halogens is 1. The van der Waals surface area contributed by atoms with Crippen LogP contribution in [0.3, 0.4) is 0 Å². The van der Waals surface area contributed by atoms with E-state index in [0.717, 1.165) is 22.7 Å². The molecule has 1 aromatic heterocycles. The van der Waals surface area contributed by atoms with Crippen LogP contribution in [0.2, 0.25) is 5.02 Å². The first-order chi connectivity index (χ1) is 10.1. The quantitative estimate of drug-likeness (QED) is 0.830. The number of carbonyl (C=O) groups is 1. The van der Waals surface area contributed by atoms with Crippen LogP contribution in [0.15, 0.2) is 35.7 Å². The third-order valence-electron chi connectivity index (χ3n) is 3.04. The van der Waals surface area contributed by atoms with Gasteiger partial charge in [-0.15, -0.1) is 11.3 Å². The summed E-state index contributed by atoms with van der Waals surface area (Å²) in [6.45, 7) is 3.97. The molecular formula is C16H17ClN2OS. The van der Waals surface area contributed by atoms with Crippen molar-refractivity contribution >= 4 is 34.9 Å². The Kier molecular flexibility index (Phi) is 5.53. The van der Waals surface area contributed by atoms with E-state index in [0.29, 0.717) is 5.02 Å². The number of benzene rings is 1. The van der Waals surface area contributed by atoms with E-state index in [1.165, 1.54) is 6.08 Å². The molecule has 0 radical (unpaired) electrons. The highest BCUT2D eigenvalue weighted by Gasteiger charge is 2.10. The molecule has 0 aliphatic heterocycles. The van der Waals surface area contributed by atoms with Crippen LogP contribution >= 0.6 is 22.9 Å². The predicted molar refractivity (Wildman–Crippen MR) is 88.5 cm³/mol. The smallest absolute Gasteiger partial charge is 0.244 e. The first-order valence-corrected chi connectivity index (χ1v) is 8.00. The largest absolute Gasteiger partial charge is 0.346 e. The van der Waals surface area contributed by atoms with E-state index in [9.17, 15) is 4.79 Å². The molecule has 1 unspecified atom stereocenters. The fraction of sp³-hybridized carbons (Fsp3) is 0.250. The molecule has 0 saturated heterocycles. The van der Waals surface area contributed by atoms with Crippen LogP contribution in [0.4, 0.5) is 0 Å². The van der Waals surface area contributed by atoms with Crippen LogP contribution in [-0.4, -0.2) is 10.9 Å². The molecule has 1 atom stereocenters. The Morgan fingerprint density at radius 3 is 2.71 bits per heavy atom. The number of amides is 1. The second kappa shape index (κ2) is 7.38. The van der Waals surface area contributed by atoms with E-state index in [1.807, 2.05) is 43.5 Å². The molecule has 0 aliphatic carbocycles. The second-order valence-corrected chi connectivity index (χ2v) is 6.14. The lowest BCUT2D eigenvalue weighted by atomic mass is 10.0. The van der Waals surface area contributed by atoms with Crippen LogP contribution in [0, 0.1) is 6.92 Å². The molecule has 5 heteroatoms. The van der Waals surface area contributed by atoms with Gasteiger partial charge in [-0.2, -0.15) is 0 Å². The predicted octanol–water partition coefficient (Wildman–Crippen LogP) is 4.39. The topological polar surface area (TPSA) is 42.0 Å². The van der Waals surface area contributed by atoms with Gasteiger partial charge in [0, 0.05) is 16.5 Å². The number of hydrogen-bond donors (Lipinski definition) is 1. The number of rotatable bonds is 5. The molecule has 0 aliphatic rings. The first kappa shape index (κ1) is 15.7. The summed E-state index contributed by atoms with van der Waals surface area (Å²) in [6, 6.07) is 7.52. The van der Waals surface area contributed by atoms with Gasteiger partial charge < -0.3 is 5.32 Å². The highest BCUT2D eigenvalue weighted by atomic mass is 35.5. The fourth-order valence-corrected chi connectivity index (χ4v) is 2.66. The van der Waals surface area contributed by atoms with E-state index < -0.39 is 0 Å². The van der Waals surface area contributed by atoms with Crippen LogP contribution < -0.4 is 5.32 Å². The van der Waals surface area contributed by atoms with Crippen LogP contribution in [0.25, 0.3) is 6.08 Å². The minimum absolute atomic E-state index is 0.0170. The van der Waals surface area contributed by atoms with Crippen molar-refractivity contribution in [3.05, 3.63) is 57.0 Å². The molecule has 0 saturated carbocycles. The molecule has 110 valence electrons. The molecule has 0 fully saturated rings. The van der Waals surface area contributed by atoms with Crippen LogP contribution in [0.1, 0.15) is 35.7 Å². The average Bonchev–Trinajstić information content (AvgIpc) is 2.89. The van der Waals surface area contributed by atoms with Gasteiger partial charge in [-0.05, 0) is 37.1 Å². The molecule has 0 spiro atoms. The lowest BCUT2D eigenvalue weighted by molar-refractivity contribution is -0.117. The Morgan fingerprint density at radius 2 is 2.14 bits per heavy atom. The van der Waals surface area contributed by atoms with Crippen molar-refractivity contribution in [2.45, 2.75) is 26.3 Å². The summed E-state index contributed by atoms with van der Waals surface area (Å²) in [5, 5.41) is 6.59. The first-order valence-electron chi connectivity index (χ1n) is 6.74. The molecule has 1 N–H and O–H groups in total. The molecule has 2 rings (SSSR count). The molecule has 1 heterocycles. The maximum Gasteiger partial charge on any atom is 0.244 e. The highest BCUT2D eigenvalue weighted by molar-refractivity contribution is 7.09. The van der Waals surface area contributed by atoms with Crippen molar-refractivity contribution in [2.75, 3.05) is 0 Å². The molecule has 2 aromatic rings. The Balaban J connectivity index is 1.99. The summed E-state index contributed by atoms with van der Waals surface area (Å²) < 4.78 is 0. The highest BCUT2D eigenvalue weighted by Crippen LogP contribution is 2.19. The van der Waals surface area contributed by atoms with Gasteiger partial charge in [-0.25, -0.2) is 4.98 Å². The minimum Gasteiger partial charge on any atom is -0.346 e. The van der Waals surface area contributed by atoms with Crippen molar-refractivity contribution in [3.8, 4) is 0 Å². The van der Waals surface area contributed by atoms with Crippen LogP contribution in [-0.2, 0) is 4.79 Å². The third kappa shape index (κ3) is 4.69. The zero-order valence-corrected chi connectivity index (χ0v) is 13.5. The van der Waals surface area contributed by atoms with Gasteiger partial charge in [0.2, 0.25) is 5.91 Å². The Morgan fingerprint density at radius 1 is 1.43 bits per heavy atom. The zero-order chi connectivity index (χ0) is 15.2. The van der Waals surface area contributed by atoms with Crippen LogP contribution in [0.5, 0.6) is 0 Å². The van der Waals surface area contributed by atoms with Gasteiger partial charge in [0.05, 0.1) is 16.7 Å². The summed E-state index contributed by atoms with van der Waals surface area (Å²) >= 11 is 7.45. The molecule has 1 aromatic carbocycles. The Hall–Kier alpha value is -1.65. The zero-order valence-electron chi connectivity index (χ0n) is 12.0. The minimum atomic E-state index is -0.123. The van der Waals surface area contributed by atoms with E-state index in [-0.39, 0.29) is 11.9 Å². The number of aromatic nitrogens is 1. The van der Waals surface area contributed by atoms with Gasteiger partial charge in [0.1, 0.15) is 0 Å². The number of aryl methyl sites for hydroxylation is 1. The summed E-state index contributed by atoms with van der Waals surface area (Å²) in [6.07, 6.45) is 4.07. The van der Waals surface area contributed by atoms with Gasteiger partial charge in [0.15, 0.2) is 0 Å². The molecular weight excluding hydrogens is 304 g/mol. The van der Waals surface area contributed by atoms with E-state index in [2.05, 4.69) is 10.3 Å². The van der Waals surface area contributed by atoms with E-state index in [4.69, 9.17) is 11.6 Å². The van der Waals surface area contributed by atoms with Crippen molar-refractivity contribution in [3.63, 3.8) is 0 Å². The van der Waals surface area contributed by atoms with Gasteiger partial charge >= 0.3 is 0 Å². The monoisotopic (exact) mass is 320 g/mol. The molecule has 21 heavy (non-hydrogen) atoms. The Labute approximate surface area is 133 Å². The number of nitrogens with zero attached hydrogens (tertiary/aromatic N) is 1. The fourth-order valence-electron chi connectivity index (χ4n) is 1.95. The number of thiazole rings is 1. The maximum atomic E-state index is 12.0. The van der Waals surface area contributed by atoms with Gasteiger partial charge in [-0.3, -0.25) is 4.79 Å². The third-order valence-corrected chi connectivity index (χ3v) is 4.08. The summed E-state index contributed by atoms with van der Waals surface area (Å²) in [5.41, 5.74) is 1.86. The average molecular weight is 321 g/mol. The van der Waals surface area contributed by atoms with Crippen molar-refractivity contribution in [2.24, 2.45) is 0 Å². The van der Waals surface area contributed by atoms with E-state index in [1.54, 1.807) is 17.4 Å². The lowest BCUT2D eigenvalue weighted by Gasteiger charge is -2.16. The number of carbonyl (C=O) groups excluding carboxylic acids is 1. The van der Waals surface area contributed by atoms with Gasteiger partial charge in [0.25, 0.3) is 0 Å². The lowest BCUT2D eigenvalue weighted by Crippen LogP contribution is -2.26.